The van der Waals surface area contributed by atoms with Crippen LogP contribution in [0.2, 0.25) is 0 Å². The molecule has 7 nitrogen and oxygen atoms in total. The van der Waals surface area contributed by atoms with Crippen molar-refractivity contribution in [3.63, 3.8) is 0 Å². The van der Waals surface area contributed by atoms with Crippen LogP contribution in [0.5, 0.6) is 0 Å². The van der Waals surface area contributed by atoms with E-state index in [9.17, 15) is 9.59 Å². The third-order valence-corrected chi connectivity index (χ3v) is 6.73. The Balaban J connectivity index is 1.69. The standard InChI is InChI=1S/C23H25N3O4S/c1-22(2)12-14-17(21(28)29-5)20(31-18(14)23(3,4)26-22)24-19(27)15-11-16(30-25-15)13-9-7-6-8-10-13/h6-11,26H,12H2,1-5H3,(H,24,27). The lowest BCUT2D eigenvalue weighted by atomic mass is 9.81. The second-order valence-corrected chi connectivity index (χ2v) is 9.83. The van der Waals surface area contributed by atoms with Crippen LogP contribution in [0.4, 0.5) is 5.00 Å². The molecule has 0 bridgehead atoms. The molecule has 4 rings (SSSR count). The van der Waals surface area contributed by atoms with Crippen molar-refractivity contribution in [2.75, 3.05) is 12.4 Å². The number of aromatic nitrogens is 1. The Hall–Kier alpha value is -2.97. The summed E-state index contributed by atoms with van der Waals surface area (Å²) in [7, 11) is 1.35. The van der Waals surface area contributed by atoms with Crippen LogP contribution in [-0.2, 0) is 16.7 Å². The number of nitrogens with zero attached hydrogens (tertiary/aromatic N) is 1. The lowest BCUT2D eigenvalue weighted by Crippen LogP contribution is -2.55. The van der Waals surface area contributed by atoms with Gasteiger partial charge >= 0.3 is 5.97 Å². The first-order valence-electron chi connectivity index (χ1n) is 9.98. The van der Waals surface area contributed by atoms with Gasteiger partial charge < -0.3 is 19.9 Å². The highest BCUT2D eigenvalue weighted by atomic mass is 32.1. The second kappa shape index (κ2) is 7.62. The lowest BCUT2D eigenvalue weighted by Gasteiger charge is -2.42. The van der Waals surface area contributed by atoms with Gasteiger partial charge in [0, 0.05) is 27.6 Å². The number of hydrogen-bond donors (Lipinski definition) is 2. The fourth-order valence-corrected chi connectivity index (χ4v) is 5.48. The molecule has 31 heavy (non-hydrogen) atoms. The minimum absolute atomic E-state index is 0.138. The number of anilines is 1. The average molecular weight is 440 g/mol. The fraction of sp³-hybridized carbons (Fsp3) is 0.348. The Morgan fingerprint density at radius 1 is 1.19 bits per heavy atom. The number of esters is 1. The van der Waals surface area contributed by atoms with Crippen molar-refractivity contribution < 1.29 is 18.8 Å². The number of carbonyl (C=O) groups is 2. The topological polar surface area (TPSA) is 93.5 Å². The van der Waals surface area contributed by atoms with E-state index in [1.807, 2.05) is 30.3 Å². The van der Waals surface area contributed by atoms with Crippen molar-refractivity contribution in [1.29, 1.82) is 0 Å². The van der Waals surface area contributed by atoms with E-state index in [0.717, 1.165) is 16.0 Å². The summed E-state index contributed by atoms with van der Waals surface area (Å²) in [5.41, 5.74) is 1.71. The first-order chi connectivity index (χ1) is 14.6. The molecular formula is C23H25N3O4S. The predicted octanol–water partition coefficient (Wildman–Crippen LogP) is 4.60. The van der Waals surface area contributed by atoms with Crippen molar-refractivity contribution in [1.82, 2.24) is 10.5 Å². The number of methoxy groups -OCH3 is 1. The number of carbonyl (C=O) groups excluding carboxylic acids is 2. The van der Waals surface area contributed by atoms with Crippen LogP contribution in [0.1, 0.15) is 59.0 Å². The molecule has 0 spiro atoms. The zero-order chi connectivity index (χ0) is 22.4. The van der Waals surface area contributed by atoms with Crippen LogP contribution in [0.3, 0.4) is 0 Å². The maximum absolute atomic E-state index is 12.9. The molecule has 0 unspecified atom stereocenters. The van der Waals surface area contributed by atoms with Crippen molar-refractivity contribution in [3.8, 4) is 11.3 Å². The zero-order valence-corrected chi connectivity index (χ0v) is 19.0. The highest BCUT2D eigenvalue weighted by Crippen LogP contribution is 2.45. The highest BCUT2D eigenvalue weighted by Gasteiger charge is 2.42. The Bertz CT molecular complexity index is 1150. The molecule has 1 aliphatic heterocycles. The minimum atomic E-state index is -0.466. The van der Waals surface area contributed by atoms with E-state index in [1.165, 1.54) is 18.4 Å². The highest BCUT2D eigenvalue weighted by molar-refractivity contribution is 7.17. The fourth-order valence-electron chi connectivity index (χ4n) is 4.22. The van der Waals surface area contributed by atoms with E-state index < -0.39 is 11.9 Å². The van der Waals surface area contributed by atoms with Crippen LogP contribution in [0, 0.1) is 0 Å². The molecule has 2 aromatic heterocycles. The zero-order valence-electron chi connectivity index (χ0n) is 18.2. The van der Waals surface area contributed by atoms with Crippen molar-refractivity contribution in [2.45, 2.75) is 45.2 Å². The molecule has 0 saturated heterocycles. The molecule has 162 valence electrons. The van der Waals surface area contributed by atoms with Crippen molar-refractivity contribution >= 4 is 28.2 Å². The molecule has 1 aliphatic rings. The molecule has 0 saturated carbocycles. The SMILES string of the molecule is COC(=O)c1c(NC(=O)c2cc(-c3ccccc3)on2)sc2c1CC(C)(C)NC2(C)C. The van der Waals surface area contributed by atoms with Gasteiger partial charge in [0.25, 0.3) is 5.91 Å². The molecule has 0 fully saturated rings. The Kier molecular flexibility index (Phi) is 5.23. The molecule has 0 radical (unpaired) electrons. The predicted molar refractivity (Wildman–Crippen MR) is 119 cm³/mol. The normalized spacial score (nSPS) is 16.4. The van der Waals surface area contributed by atoms with Gasteiger partial charge in [0.15, 0.2) is 11.5 Å². The number of thiophene rings is 1. The molecule has 0 atom stereocenters. The summed E-state index contributed by atoms with van der Waals surface area (Å²) >= 11 is 1.39. The number of fused-ring (bicyclic) bond motifs is 1. The molecule has 0 aliphatic carbocycles. The lowest BCUT2D eigenvalue weighted by molar-refractivity contribution is 0.0600. The summed E-state index contributed by atoms with van der Waals surface area (Å²) in [5, 5.41) is 10.8. The van der Waals surface area contributed by atoms with Crippen LogP contribution < -0.4 is 10.6 Å². The van der Waals surface area contributed by atoms with E-state index in [0.29, 0.717) is 22.7 Å². The van der Waals surface area contributed by atoms with E-state index in [1.54, 1.807) is 6.07 Å². The monoisotopic (exact) mass is 439 g/mol. The third kappa shape index (κ3) is 4.00. The summed E-state index contributed by atoms with van der Waals surface area (Å²) in [6.45, 7) is 8.32. The third-order valence-electron chi connectivity index (χ3n) is 5.26. The van der Waals surface area contributed by atoms with Gasteiger partial charge in [-0.05, 0) is 39.7 Å². The summed E-state index contributed by atoms with van der Waals surface area (Å²) in [4.78, 5) is 26.6. The number of rotatable bonds is 4. The largest absolute Gasteiger partial charge is 0.465 e. The Labute approximate surface area is 184 Å². The van der Waals surface area contributed by atoms with Gasteiger partial charge in [0.05, 0.1) is 12.7 Å². The first-order valence-corrected chi connectivity index (χ1v) is 10.8. The number of ether oxygens (including phenoxy) is 1. The van der Waals surface area contributed by atoms with Gasteiger partial charge in [-0.3, -0.25) is 4.79 Å². The molecule has 8 heteroatoms. The van der Waals surface area contributed by atoms with Crippen molar-refractivity contribution in [3.05, 3.63) is 58.1 Å². The minimum Gasteiger partial charge on any atom is -0.465 e. The van der Waals surface area contributed by atoms with Crippen LogP contribution in [0.15, 0.2) is 40.9 Å². The number of nitrogens with one attached hydrogen (secondary N) is 2. The van der Waals surface area contributed by atoms with E-state index >= 15 is 0 Å². The number of hydrogen-bond acceptors (Lipinski definition) is 7. The number of amides is 1. The molecular weight excluding hydrogens is 414 g/mol. The van der Waals surface area contributed by atoms with Gasteiger partial charge in [-0.1, -0.05) is 35.5 Å². The molecule has 3 heterocycles. The smallest absolute Gasteiger partial charge is 0.341 e. The Morgan fingerprint density at radius 3 is 2.58 bits per heavy atom. The number of benzene rings is 1. The van der Waals surface area contributed by atoms with E-state index in [-0.39, 0.29) is 16.8 Å². The van der Waals surface area contributed by atoms with Crippen LogP contribution >= 0.6 is 11.3 Å². The van der Waals surface area contributed by atoms with Crippen LogP contribution in [0.25, 0.3) is 11.3 Å². The van der Waals surface area contributed by atoms with Crippen molar-refractivity contribution in [2.24, 2.45) is 0 Å². The molecule has 2 N–H and O–H groups in total. The van der Waals surface area contributed by atoms with Gasteiger partial charge in [-0.15, -0.1) is 11.3 Å². The summed E-state index contributed by atoms with van der Waals surface area (Å²) in [6, 6.07) is 11.0. The van der Waals surface area contributed by atoms with Gasteiger partial charge in [-0.25, -0.2) is 4.79 Å². The Morgan fingerprint density at radius 2 is 1.90 bits per heavy atom. The van der Waals surface area contributed by atoms with Gasteiger partial charge in [0.1, 0.15) is 5.00 Å². The maximum atomic E-state index is 12.9. The molecule has 1 aromatic carbocycles. The first kappa shape index (κ1) is 21.3. The van der Waals surface area contributed by atoms with E-state index in [2.05, 4.69) is 43.5 Å². The summed E-state index contributed by atoms with van der Waals surface area (Å²) < 4.78 is 10.4. The quantitative estimate of drug-likeness (QED) is 0.577. The summed E-state index contributed by atoms with van der Waals surface area (Å²) in [5.74, 6) is -0.414. The molecule has 1 amide bonds. The second-order valence-electron chi connectivity index (χ2n) is 8.81. The molecule has 3 aromatic rings. The summed E-state index contributed by atoms with van der Waals surface area (Å²) in [6.07, 6.45) is 0.644. The van der Waals surface area contributed by atoms with Crippen LogP contribution in [-0.4, -0.2) is 29.7 Å². The van der Waals surface area contributed by atoms with E-state index in [4.69, 9.17) is 9.26 Å². The maximum Gasteiger partial charge on any atom is 0.341 e. The van der Waals surface area contributed by atoms with Gasteiger partial charge in [-0.2, -0.15) is 0 Å². The van der Waals surface area contributed by atoms with Gasteiger partial charge in [0.2, 0.25) is 0 Å². The average Bonchev–Trinajstić information content (AvgIpc) is 3.32.